The van der Waals surface area contributed by atoms with Crippen LogP contribution in [0, 0.1) is 22.9 Å². The van der Waals surface area contributed by atoms with Crippen molar-refractivity contribution in [1.82, 2.24) is 19.6 Å². The van der Waals surface area contributed by atoms with Crippen molar-refractivity contribution in [2.45, 2.75) is 32.9 Å². The molecule has 1 atom stereocenters. The van der Waals surface area contributed by atoms with E-state index < -0.39 is 11.0 Å². The number of nitrogens with one attached hydrogen (secondary N) is 1. The Morgan fingerprint density at radius 2 is 2.07 bits per heavy atom. The van der Waals surface area contributed by atoms with Crippen LogP contribution in [0.3, 0.4) is 0 Å². The Morgan fingerprint density at radius 3 is 2.71 bits per heavy atom. The number of anilines is 1. The highest BCUT2D eigenvalue weighted by atomic mass is 19.1. The minimum atomic E-state index is -0.717. The molecule has 0 saturated heterocycles. The molecule has 0 spiro atoms. The number of rotatable bonds is 7. The van der Waals surface area contributed by atoms with Crippen LogP contribution in [-0.4, -0.2) is 30.4 Å². The van der Waals surface area contributed by atoms with Crippen LogP contribution in [0.25, 0.3) is 0 Å². The molecule has 0 saturated carbocycles. The summed E-state index contributed by atoms with van der Waals surface area (Å²) < 4.78 is 16.6. The average molecular weight is 386 g/mol. The van der Waals surface area contributed by atoms with Crippen molar-refractivity contribution in [2.24, 2.45) is 0 Å². The molecule has 0 aliphatic carbocycles. The Labute approximate surface area is 159 Å². The van der Waals surface area contributed by atoms with Gasteiger partial charge >= 0.3 is 5.82 Å². The predicted molar refractivity (Wildman–Crippen MR) is 99.3 cm³/mol. The third-order valence-corrected chi connectivity index (χ3v) is 4.26. The van der Waals surface area contributed by atoms with E-state index in [0.29, 0.717) is 23.5 Å². The van der Waals surface area contributed by atoms with Gasteiger partial charge in [-0.05, 0) is 24.3 Å². The first-order chi connectivity index (χ1) is 13.4. The van der Waals surface area contributed by atoms with Crippen molar-refractivity contribution in [1.29, 1.82) is 0 Å². The molecule has 10 heteroatoms. The van der Waals surface area contributed by atoms with E-state index in [1.807, 2.05) is 0 Å². The van der Waals surface area contributed by atoms with Gasteiger partial charge in [-0.25, -0.2) is 4.39 Å². The molecule has 0 fully saturated rings. The summed E-state index contributed by atoms with van der Waals surface area (Å²) in [6.45, 7) is 3.66. The monoisotopic (exact) mass is 386 g/mol. The first-order valence-electron chi connectivity index (χ1n) is 8.67. The van der Waals surface area contributed by atoms with Gasteiger partial charge in [0.2, 0.25) is 0 Å². The topological polar surface area (TPSA) is 108 Å². The largest absolute Gasteiger partial charge is 0.390 e. The van der Waals surface area contributed by atoms with Crippen molar-refractivity contribution in [3.8, 4) is 0 Å². The minimum Gasteiger partial charge on any atom is -0.358 e. The van der Waals surface area contributed by atoms with E-state index in [9.17, 15) is 19.3 Å². The van der Waals surface area contributed by atoms with Gasteiger partial charge in [0.15, 0.2) is 11.9 Å². The summed E-state index contributed by atoms with van der Waals surface area (Å²) >= 11 is 0. The number of carbonyl (C=O) groups excluding carboxylic acids is 1. The van der Waals surface area contributed by atoms with Gasteiger partial charge in [0.25, 0.3) is 5.91 Å². The Kier molecular flexibility index (Phi) is 5.48. The van der Waals surface area contributed by atoms with Gasteiger partial charge in [0.1, 0.15) is 5.82 Å². The van der Waals surface area contributed by atoms with Gasteiger partial charge in [-0.15, -0.1) is 0 Å². The molecule has 1 amide bonds. The Morgan fingerprint density at radius 1 is 1.32 bits per heavy atom. The maximum Gasteiger partial charge on any atom is 0.390 e. The summed E-state index contributed by atoms with van der Waals surface area (Å²) in [4.78, 5) is 23.0. The first-order valence-corrected chi connectivity index (χ1v) is 8.67. The van der Waals surface area contributed by atoms with Crippen LogP contribution in [0.5, 0.6) is 0 Å². The number of nitrogens with zero attached hydrogens (tertiary/aromatic N) is 5. The molecule has 2 aromatic heterocycles. The molecular formula is C18H19FN6O3. The molecule has 1 aromatic carbocycles. The molecule has 3 rings (SSSR count). The fourth-order valence-corrected chi connectivity index (χ4v) is 2.87. The van der Waals surface area contributed by atoms with Crippen LogP contribution in [0.1, 0.15) is 30.6 Å². The third-order valence-electron chi connectivity index (χ3n) is 4.26. The quantitative estimate of drug-likeness (QED) is 0.496. The second kappa shape index (κ2) is 7.99. The first kappa shape index (κ1) is 19.2. The van der Waals surface area contributed by atoms with E-state index in [4.69, 9.17) is 0 Å². The Bertz CT molecular complexity index is 1010. The number of halogens is 1. The highest BCUT2D eigenvalue weighted by Gasteiger charge is 2.27. The molecule has 28 heavy (non-hydrogen) atoms. The van der Waals surface area contributed by atoms with E-state index in [2.05, 4.69) is 15.5 Å². The van der Waals surface area contributed by atoms with Crippen LogP contribution in [0.4, 0.5) is 16.0 Å². The van der Waals surface area contributed by atoms with Crippen LogP contribution < -0.4 is 5.32 Å². The SMILES string of the molecule is CCC(C(=O)Nc1ccn(Cc2ccccc2F)n1)n1nc([N+](=O)[O-])cc1C. The van der Waals surface area contributed by atoms with E-state index >= 15 is 0 Å². The zero-order valence-electron chi connectivity index (χ0n) is 15.4. The lowest BCUT2D eigenvalue weighted by atomic mass is 10.2. The normalized spacial score (nSPS) is 12.0. The predicted octanol–water partition coefficient (Wildman–Crippen LogP) is 3.07. The second-order valence-corrected chi connectivity index (χ2v) is 6.25. The Hall–Kier alpha value is -3.56. The molecule has 0 radical (unpaired) electrons. The molecule has 3 aromatic rings. The van der Waals surface area contributed by atoms with Crippen LogP contribution in [0.15, 0.2) is 42.6 Å². The van der Waals surface area contributed by atoms with Gasteiger partial charge in [0.05, 0.1) is 23.4 Å². The average Bonchev–Trinajstić information content (AvgIpc) is 3.25. The number of aromatic nitrogens is 4. The van der Waals surface area contributed by atoms with Crippen molar-refractivity contribution < 1.29 is 14.1 Å². The molecular weight excluding hydrogens is 367 g/mol. The maximum atomic E-state index is 13.8. The molecule has 2 heterocycles. The number of hydrogen-bond donors (Lipinski definition) is 1. The van der Waals surface area contributed by atoms with E-state index in [1.54, 1.807) is 44.3 Å². The summed E-state index contributed by atoms with van der Waals surface area (Å²) in [5.74, 6) is -0.720. The van der Waals surface area contributed by atoms with Crippen LogP contribution >= 0.6 is 0 Å². The molecule has 1 N–H and O–H groups in total. The van der Waals surface area contributed by atoms with E-state index in [0.717, 1.165) is 0 Å². The molecule has 0 aliphatic rings. The molecule has 0 aliphatic heterocycles. The number of nitro groups is 1. The molecule has 1 unspecified atom stereocenters. The zero-order valence-corrected chi connectivity index (χ0v) is 15.4. The van der Waals surface area contributed by atoms with Gasteiger partial charge in [-0.2, -0.15) is 9.78 Å². The maximum absolute atomic E-state index is 13.8. The number of hydrogen-bond acceptors (Lipinski definition) is 5. The molecule has 9 nitrogen and oxygen atoms in total. The lowest BCUT2D eigenvalue weighted by Gasteiger charge is -2.13. The van der Waals surface area contributed by atoms with Gasteiger partial charge in [0, 0.05) is 17.8 Å². The minimum absolute atomic E-state index is 0.226. The van der Waals surface area contributed by atoms with E-state index in [1.165, 1.54) is 21.5 Å². The smallest absolute Gasteiger partial charge is 0.358 e. The zero-order chi connectivity index (χ0) is 20.3. The fraction of sp³-hybridized carbons (Fsp3) is 0.278. The highest BCUT2D eigenvalue weighted by molar-refractivity contribution is 5.92. The fourth-order valence-electron chi connectivity index (χ4n) is 2.87. The Balaban J connectivity index is 1.72. The second-order valence-electron chi connectivity index (χ2n) is 6.25. The van der Waals surface area contributed by atoms with Gasteiger partial charge in [-0.1, -0.05) is 25.1 Å². The number of carbonyl (C=O) groups is 1. The van der Waals surface area contributed by atoms with Crippen molar-refractivity contribution in [3.63, 3.8) is 0 Å². The van der Waals surface area contributed by atoms with Crippen molar-refractivity contribution in [3.05, 3.63) is 69.8 Å². The van der Waals surface area contributed by atoms with Gasteiger partial charge < -0.3 is 15.4 Å². The van der Waals surface area contributed by atoms with Gasteiger partial charge in [-0.3, -0.25) is 9.48 Å². The lowest BCUT2D eigenvalue weighted by molar-refractivity contribution is -0.389. The molecule has 0 bridgehead atoms. The van der Waals surface area contributed by atoms with Crippen molar-refractivity contribution >= 4 is 17.5 Å². The molecule has 146 valence electrons. The number of aryl methyl sites for hydroxylation is 1. The summed E-state index contributed by atoms with van der Waals surface area (Å²) in [6, 6.07) is 8.59. The highest BCUT2D eigenvalue weighted by Crippen LogP contribution is 2.20. The summed E-state index contributed by atoms with van der Waals surface area (Å²) in [6.07, 6.45) is 2.02. The van der Waals surface area contributed by atoms with E-state index in [-0.39, 0.29) is 24.1 Å². The van der Waals surface area contributed by atoms with Crippen molar-refractivity contribution in [2.75, 3.05) is 5.32 Å². The third kappa shape index (κ3) is 4.05. The van der Waals surface area contributed by atoms with Crippen LogP contribution in [-0.2, 0) is 11.3 Å². The summed E-state index contributed by atoms with van der Waals surface area (Å²) in [5.41, 5.74) is 0.994. The standard InChI is InChI=1S/C18H19FN6O3/c1-3-15(24-12(2)10-17(22-24)25(27)28)18(26)20-16-8-9-23(21-16)11-13-6-4-5-7-14(13)19/h4-10,15H,3,11H2,1-2H3,(H,20,21,26). The summed E-state index contributed by atoms with van der Waals surface area (Å²) in [7, 11) is 0. The summed E-state index contributed by atoms with van der Waals surface area (Å²) in [5, 5.41) is 21.7. The number of amides is 1. The lowest BCUT2D eigenvalue weighted by Crippen LogP contribution is -2.27. The number of benzene rings is 1. The van der Waals surface area contributed by atoms with Crippen LogP contribution in [0.2, 0.25) is 0 Å².